The van der Waals surface area contributed by atoms with Crippen LogP contribution in [0, 0.1) is 29.6 Å². The first-order valence-electron chi connectivity index (χ1n) is 28.4. The molecule has 0 spiro atoms. The van der Waals surface area contributed by atoms with E-state index in [2.05, 4.69) is 104 Å². The molecule has 4 aromatic heterocycles. The molecule has 4 aromatic carbocycles. The third kappa shape index (κ3) is 11.7. The number of pyridine rings is 2. The maximum Gasteiger partial charge on any atom is 0.248 e. The Labute approximate surface area is 471 Å². The minimum absolute atomic E-state index is 0.0945. The molecule has 5 fully saturated rings. The van der Waals surface area contributed by atoms with E-state index in [0.29, 0.717) is 54.6 Å². The number of aliphatic hydroxyl groups is 1. The van der Waals surface area contributed by atoms with Gasteiger partial charge in [-0.3, -0.25) is 19.7 Å². The van der Waals surface area contributed by atoms with Gasteiger partial charge in [0.2, 0.25) is 5.91 Å². The van der Waals surface area contributed by atoms with Gasteiger partial charge < -0.3 is 54.0 Å². The number of piperazine rings is 1. The van der Waals surface area contributed by atoms with E-state index >= 15 is 0 Å². The van der Waals surface area contributed by atoms with Crippen molar-refractivity contribution < 1.29 is 28.8 Å². The summed E-state index contributed by atoms with van der Waals surface area (Å²) >= 11 is 0. The SMILES string of the molecule is Cc1cc(N2CCOCC2)ccc1-c1cc2c(-c3ccc(OC4CCNCC4)c(C#N)c3)nccc2[nH]1.N#Cc1cc(-c2nccc3[nH]c(-c4ccc(N5CCN(C6COC6)CC5)cc4)cc23)ccc1OC1CCN(C(=O)CO)CC1. The molecule has 17 heteroatoms. The number of aryl methyl sites for hydroxylation is 1. The lowest BCUT2D eigenvalue weighted by atomic mass is 10.0. The molecule has 5 aliphatic heterocycles. The molecule has 0 bridgehead atoms. The quantitative estimate of drug-likeness (QED) is 0.0904. The number of morpholine rings is 1. The number of carbonyl (C=O) groups excluding carboxylic acids is 1. The first-order valence-corrected chi connectivity index (χ1v) is 28.4. The van der Waals surface area contributed by atoms with E-state index < -0.39 is 6.61 Å². The Morgan fingerprint density at radius 3 is 1.75 bits per heavy atom. The number of nitrogens with one attached hydrogen (secondary N) is 3. The normalized spacial score (nSPS) is 17.5. The number of likely N-dealkylation sites (tertiary alicyclic amines) is 1. The molecule has 13 rings (SSSR count). The molecule has 0 saturated carbocycles. The number of aromatic nitrogens is 4. The molecule has 9 heterocycles. The standard InChI is InChI=1S/C34H36N6O4.C30H31N5O2/c35-19-25-17-24(3-6-32(25)44-28-8-11-40(12-9-28)33(42)20-41)34-29-18-31(37-30(29)7-10-36-34)23-1-4-26(5-2-23)38-13-15-39(16-14-38)27-21-43-22-27;1-20-16-23(35-12-14-36-15-13-35)3-4-25(20)28-18-26-27(34-28)8-11-33-30(26)21-2-5-29(22(17-21)19-31)37-24-6-9-32-10-7-24/h1-7,10,17-18,27-28,37,41H,8-9,11-16,20-22H2;2-5,8,11,16-18,24,32,34H,6-7,9-10,12-15H2,1H3. The maximum atomic E-state index is 11.8. The zero-order valence-electron chi connectivity index (χ0n) is 45.7. The molecule has 4 N–H and O–H groups in total. The van der Waals surface area contributed by atoms with Crippen LogP contribution in [0.5, 0.6) is 11.5 Å². The first-order chi connectivity index (χ1) is 39.8. The van der Waals surface area contributed by atoms with E-state index in [1.54, 1.807) is 11.1 Å². The van der Waals surface area contributed by atoms with Gasteiger partial charge in [-0.15, -0.1) is 0 Å². The topological polar surface area (TPSA) is 204 Å². The van der Waals surface area contributed by atoms with Crippen molar-refractivity contribution in [2.45, 2.75) is 50.9 Å². The van der Waals surface area contributed by atoms with Crippen LogP contribution in [0.2, 0.25) is 0 Å². The predicted octanol–water partition coefficient (Wildman–Crippen LogP) is 8.70. The number of carbonyl (C=O) groups is 1. The van der Waals surface area contributed by atoms with E-state index in [9.17, 15) is 15.3 Å². The van der Waals surface area contributed by atoms with Crippen molar-refractivity contribution in [2.24, 2.45) is 0 Å². The summed E-state index contributed by atoms with van der Waals surface area (Å²) in [6.45, 7) is 14.0. The van der Waals surface area contributed by atoms with Crippen molar-refractivity contribution in [2.75, 3.05) is 108 Å². The smallest absolute Gasteiger partial charge is 0.248 e. The Kier molecular flexibility index (Phi) is 15.9. The number of nitrogens with zero attached hydrogens (tertiary/aromatic N) is 8. The summed E-state index contributed by atoms with van der Waals surface area (Å²) in [6, 6.07) is 40.3. The van der Waals surface area contributed by atoms with E-state index in [1.165, 1.54) is 22.5 Å². The van der Waals surface area contributed by atoms with E-state index in [4.69, 9.17) is 34.0 Å². The molecule has 0 radical (unpaired) electrons. The molecule has 0 aliphatic carbocycles. The van der Waals surface area contributed by atoms with Crippen molar-refractivity contribution in [1.82, 2.24) is 35.1 Å². The number of nitriles is 2. The summed E-state index contributed by atoms with van der Waals surface area (Å²) in [4.78, 5) is 37.3. The second-order valence-corrected chi connectivity index (χ2v) is 21.5. The maximum absolute atomic E-state index is 11.8. The molecule has 414 valence electrons. The van der Waals surface area contributed by atoms with Crippen LogP contribution in [0.4, 0.5) is 11.4 Å². The number of hydrogen-bond donors (Lipinski definition) is 4. The number of piperidine rings is 2. The Balaban J connectivity index is 0.000000163. The fourth-order valence-corrected chi connectivity index (χ4v) is 11.8. The van der Waals surface area contributed by atoms with E-state index in [0.717, 1.165) is 153 Å². The van der Waals surface area contributed by atoms with Gasteiger partial charge in [-0.1, -0.05) is 18.2 Å². The molecular weight excluding hydrogens is 1020 g/mol. The van der Waals surface area contributed by atoms with Gasteiger partial charge in [-0.05, 0) is 129 Å². The van der Waals surface area contributed by atoms with Crippen LogP contribution in [0.1, 0.15) is 42.4 Å². The first kappa shape index (κ1) is 53.4. The van der Waals surface area contributed by atoms with Gasteiger partial charge in [-0.25, -0.2) is 0 Å². The van der Waals surface area contributed by atoms with Crippen LogP contribution in [0.25, 0.3) is 66.8 Å². The van der Waals surface area contributed by atoms with Crippen LogP contribution in [-0.4, -0.2) is 157 Å². The summed E-state index contributed by atoms with van der Waals surface area (Å²) in [7, 11) is 0. The zero-order valence-corrected chi connectivity index (χ0v) is 45.7. The second kappa shape index (κ2) is 24.2. The number of anilines is 2. The van der Waals surface area contributed by atoms with Gasteiger partial charge >= 0.3 is 0 Å². The molecule has 17 nitrogen and oxygen atoms in total. The molecule has 8 aromatic rings. The van der Waals surface area contributed by atoms with Gasteiger partial charge in [0.05, 0.1) is 55.0 Å². The highest BCUT2D eigenvalue weighted by Gasteiger charge is 2.30. The molecule has 5 aliphatic rings. The number of benzene rings is 4. The minimum Gasteiger partial charge on any atom is -0.489 e. The Bertz CT molecular complexity index is 3610. The highest BCUT2D eigenvalue weighted by molar-refractivity contribution is 5.98. The number of aliphatic hydroxyl groups excluding tert-OH is 1. The summed E-state index contributed by atoms with van der Waals surface area (Å²) in [5, 5.41) is 34.3. The van der Waals surface area contributed by atoms with E-state index in [1.807, 2.05) is 54.7 Å². The number of ether oxygens (including phenoxy) is 4. The van der Waals surface area contributed by atoms with Gasteiger partial charge in [-0.2, -0.15) is 10.5 Å². The Hall–Kier alpha value is -8.29. The highest BCUT2D eigenvalue weighted by Crippen LogP contribution is 2.37. The highest BCUT2D eigenvalue weighted by atomic mass is 16.5. The summed E-state index contributed by atoms with van der Waals surface area (Å²) in [5.41, 5.74) is 14.4. The minimum atomic E-state index is -0.476. The fourth-order valence-electron chi connectivity index (χ4n) is 11.8. The van der Waals surface area contributed by atoms with Crippen molar-refractivity contribution in [1.29, 1.82) is 10.5 Å². The third-order valence-corrected chi connectivity index (χ3v) is 16.5. The molecule has 1 amide bonds. The molecular formula is C64H67N11O6. The number of rotatable bonds is 12. The summed E-state index contributed by atoms with van der Waals surface area (Å²) < 4.78 is 23.2. The lowest BCUT2D eigenvalue weighted by Gasteiger charge is -2.43. The van der Waals surface area contributed by atoms with Gasteiger partial charge in [0.25, 0.3) is 0 Å². The molecule has 5 saturated heterocycles. The lowest BCUT2D eigenvalue weighted by Crippen LogP contribution is -2.56. The number of amides is 1. The molecule has 0 unspecified atom stereocenters. The largest absolute Gasteiger partial charge is 0.489 e. The number of aromatic amines is 2. The Morgan fingerprint density at radius 2 is 1.19 bits per heavy atom. The number of H-pyrrole nitrogens is 2. The zero-order chi connectivity index (χ0) is 55.2. The molecule has 81 heavy (non-hydrogen) atoms. The van der Waals surface area contributed by atoms with Crippen LogP contribution < -0.4 is 24.6 Å². The lowest BCUT2D eigenvalue weighted by molar-refractivity contribution is -0.135. The van der Waals surface area contributed by atoms with Gasteiger partial charge in [0.1, 0.15) is 42.5 Å². The van der Waals surface area contributed by atoms with Gasteiger partial charge in [0, 0.05) is 139 Å². The molecule has 0 atom stereocenters. The predicted molar refractivity (Wildman–Crippen MR) is 313 cm³/mol. The van der Waals surface area contributed by atoms with Crippen LogP contribution in [0.3, 0.4) is 0 Å². The summed E-state index contributed by atoms with van der Waals surface area (Å²) in [6.07, 6.45) is 6.86. The Morgan fingerprint density at radius 1 is 0.630 bits per heavy atom. The van der Waals surface area contributed by atoms with Crippen LogP contribution in [0.15, 0.2) is 116 Å². The average molecular weight is 1090 g/mol. The van der Waals surface area contributed by atoms with Gasteiger partial charge in [0.15, 0.2) is 0 Å². The number of hydrogen-bond acceptors (Lipinski definition) is 14. The third-order valence-electron chi connectivity index (χ3n) is 16.5. The van der Waals surface area contributed by atoms with E-state index in [-0.39, 0.29) is 18.1 Å². The fraction of sp³-hybridized carbons (Fsp3) is 0.359. The summed E-state index contributed by atoms with van der Waals surface area (Å²) in [5.74, 6) is 0.918. The van der Waals surface area contributed by atoms with Crippen molar-refractivity contribution in [3.8, 4) is 68.7 Å². The number of fused-ring (bicyclic) bond motifs is 2. The van der Waals surface area contributed by atoms with Crippen molar-refractivity contribution in [3.05, 3.63) is 132 Å². The second-order valence-electron chi connectivity index (χ2n) is 21.5. The monoisotopic (exact) mass is 1090 g/mol. The van der Waals surface area contributed by atoms with Crippen LogP contribution in [-0.2, 0) is 14.3 Å². The average Bonchev–Trinajstić information content (AvgIpc) is 4.17. The van der Waals surface area contributed by atoms with Crippen molar-refractivity contribution >= 4 is 39.1 Å². The van der Waals surface area contributed by atoms with Crippen molar-refractivity contribution in [3.63, 3.8) is 0 Å². The van der Waals surface area contributed by atoms with Crippen LogP contribution >= 0.6 is 0 Å².